The summed E-state index contributed by atoms with van der Waals surface area (Å²) in [5.41, 5.74) is 5.67. The third kappa shape index (κ3) is 3.99. The van der Waals surface area contributed by atoms with E-state index in [1.165, 1.54) is 10.5 Å². The van der Waals surface area contributed by atoms with Crippen molar-refractivity contribution in [1.82, 2.24) is 4.90 Å². The van der Waals surface area contributed by atoms with Crippen LogP contribution in [0.5, 0.6) is 0 Å². The molecule has 0 atom stereocenters. The van der Waals surface area contributed by atoms with Gasteiger partial charge in [0.25, 0.3) is 11.8 Å². The van der Waals surface area contributed by atoms with Gasteiger partial charge in [-0.3, -0.25) is 14.5 Å². The number of benzene rings is 2. The first-order chi connectivity index (χ1) is 13.4. The molecule has 0 saturated heterocycles. The van der Waals surface area contributed by atoms with Gasteiger partial charge in [0.05, 0.1) is 5.57 Å². The SMILES string of the molecule is COCCCN1C(=O)C(Nc2ccc(C)c(C)c2)=C(c2ccc(C)cc2)C1=O. The van der Waals surface area contributed by atoms with Gasteiger partial charge in [0.2, 0.25) is 0 Å². The van der Waals surface area contributed by atoms with Crippen LogP contribution >= 0.6 is 0 Å². The highest BCUT2D eigenvalue weighted by Gasteiger charge is 2.38. The maximum absolute atomic E-state index is 13.1. The van der Waals surface area contributed by atoms with Crippen LogP contribution in [0.25, 0.3) is 5.57 Å². The Morgan fingerprint density at radius 2 is 1.64 bits per heavy atom. The molecule has 1 aliphatic heterocycles. The zero-order valence-electron chi connectivity index (χ0n) is 16.8. The Morgan fingerprint density at radius 3 is 2.29 bits per heavy atom. The zero-order valence-corrected chi connectivity index (χ0v) is 16.8. The molecule has 2 aromatic rings. The zero-order chi connectivity index (χ0) is 20.3. The normalized spacial score (nSPS) is 14.2. The molecular formula is C23H26N2O3. The van der Waals surface area contributed by atoms with Crippen molar-refractivity contribution in [2.24, 2.45) is 0 Å². The first-order valence-corrected chi connectivity index (χ1v) is 9.43. The number of imide groups is 1. The summed E-state index contributed by atoms with van der Waals surface area (Å²) in [7, 11) is 1.61. The van der Waals surface area contributed by atoms with Gasteiger partial charge in [-0.15, -0.1) is 0 Å². The van der Waals surface area contributed by atoms with Crippen molar-refractivity contribution < 1.29 is 14.3 Å². The Labute approximate surface area is 166 Å². The lowest BCUT2D eigenvalue weighted by Gasteiger charge is -2.15. The van der Waals surface area contributed by atoms with E-state index in [4.69, 9.17) is 4.74 Å². The van der Waals surface area contributed by atoms with Crippen LogP contribution in [0, 0.1) is 20.8 Å². The molecule has 2 aromatic carbocycles. The number of methoxy groups -OCH3 is 1. The number of carbonyl (C=O) groups excluding carboxylic acids is 2. The molecule has 5 nitrogen and oxygen atoms in total. The molecule has 0 unspecified atom stereocenters. The number of hydrogen-bond acceptors (Lipinski definition) is 4. The molecule has 0 bridgehead atoms. The minimum atomic E-state index is -0.296. The Hall–Kier alpha value is -2.92. The minimum absolute atomic E-state index is 0.267. The highest BCUT2D eigenvalue weighted by atomic mass is 16.5. The molecule has 1 heterocycles. The summed E-state index contributed by atoms with van der Waals surface area (Å²) >= 11 is 0. The summed E-state index contributed by atoms with van der Waals surface area (Å²) in [6.07, 6.45) is 0.603. The highest BCUT2D eigenvalue weighted by molar-refractivity contribution is 6.36. The van der Waals surface area contributed by atoms with E-state index in [2.05, 4.69) is 5.32 Å². The molecule has 146 valence electrons. The topological polar surface area (TPSA) is 58.6 Å². The molecule has 0 saturated carbocycles. The number of aryl methyl sites for hydroxylation is 3. The second kappa shape index (κ2) is 8.40. The second-order valence-corrected chi connectivity index (χ2v) is 7.15. The summed E-state index contributed by atoms with van der Waals surface area (Å²) in [4.78, 5) is 27.4. The van der Waals surface area contributed by atoms with E-state index in [1.54, 1.807) is 7.11 Å². The van der Waals surface area contributed by atoms with E-state index in [0.29, 0.717) is 30.8 Å². The molecule has 5 heteroatoms. The number of anilines is 1. The predicted molar refractivity (Wildman–Crippen MR) is 111 cm³/mol. The first kappa shape index (κ1) is 19.8. The van der Waals surface area contributed by atoms with Crippen molar-refractivity contribution in [3.63, 3.8) is 0 Å². The van der Waals surface area contributed by atoms with Crippen LogP contribution in [-0.4, -0.2) is 37.0 Å². The monoisotopic (exact) mass is 378 g/mol. The lowest BCUT2D eigenvalue weighted by molar-refractivity contribution is -0.136. The van der Waals surface area contributed by atoms with E-state index in [0.717, 1.165) is 22.4 Å². The van der Waals surface area contributed by atoms with Crippen LogP contribution in [0.2, 0.25) is 0 Å². The Morgan fingerprint density at radius 1 is 0.929 bits per heavy atom. The number of amides is 2. The highest BCUT2D eigenvalue weighted by Crippen LogP contribution is 2.31. The largest absolute Gasteiger partial charge is 0.385 e. The van der Waals surface area contributed by atoms with Crippen LogP contribution in [-0.2, 0) is 14.3 Å². The minimum Gasteiger partial charge on any atom is -0.385 e. The molecule has 3 rings (SSSR count). The molecule has 1 aliphatic rings. The van der Waals surface area contributed by atoms with Crippen LogP contribution in [0.3, 0.4) is 0 Å². The summed E-state index contributed by atoms with van der Waals surface area (Å²) in [5.74, 6) is -0.564. The van der Waals surface area contributed by atoms with Crippen molar-refractivity contribution in [2.45, 2.75) is 27.2 Å². The summed E-state index contributed by atoms with van der Waals surface area (Å²) in [6.45, 7) is 6.88. The van der Waals surface area contributed by atoms with Crippen LogP contribution in [0.4, 0.5) is 5.69 Å². The summed E-state index contributed by atoms with van der Waals surface area (Å²) in [5, 5.41) is 3.21. The molecule has 0 aromatic heterocycles. The average molecular weight is 378 g/mol. The van der Waals surface area contributed by atoms with E-state index >= 15 is 0 Å². The van der Waals surface area contributed by atoms with Crippen LogP contribution < -0.4 is 5.32 Å². The number of nitrogens with one attached hydrogen (secondary N) is 1. The van der Waals surface area contributed by atoms with Gasteiger partial charge in [-0.2, -0.15) is 0 Å². The Kier molecular flexibility index (Phi) is 5.95. The van der Waals surface area contributed by atoms with Crippen LogP contribution in [0.15, 0.2) is 48.2 Å². The van der Waals surface area contributed by atoms with E-state index < -0.39 is 0 Å². The molecular weight excluding hydrogens is 352 g/mol. The van der Waals surface area contributed by atoms with Crippen molar-refractivity contribution in [1.29, 1.82) is 0 Å². The lowest BCUT2D eigenvalue weighted by Crippen LogP contribution is -2.33. The van der Waals surface area contributed by atoms with Crippen LogP contribution in [0.1, 0.15) is 28.7 Å². The second-order valence-electron chi connectivity index (χ2n) is 7.15. The van der Waals surface area contributed by atoms with Crippen molar-refractivity contribution in [2.75, 3.05) is 25.6 Å². The van der Waals surface area contributed by atoms with E-state index in [1.807, 2.05) is 63.2 Å². The Bertz CT molecular complexity index is 929. The van der Waals surface area contributed by atoms with Crippen molar-refractivity contribution in [3.8, 4) is 0 Å². The maximum Gasteiger partial charge on any atom is 0.278 e. The van der Waals surface area contributed by atoms with Gasteiger partial charge in [0.15, 0.2) is 0 Å². The fourth-order valence-corrected chi connectivity index (χ4v) is 3.21. The fourth-order valence-electron chi connectivity index (χ4n) is 3.21. The van der Waals surface area contributed by atoms with Gasteiger partial charge < -0.3 is 10.1 Å². The number of rotatable bonds is 7. The van der Waals surface area contributed by atoms with Gasteiger partial charge in [-0.25, -0.2) is 0 Å². The molecule has 1 N–H and O–H groups in total. The van der Waals surface area contributed by atoms with Gasteiger partial charge in [-0.05, 0) is 56.0 Å². The number of carbonyl (C=O) groups is 2. The maximum atomic E-state index is 13.1. The molecule has 2 amide bonds. The van der Waals surface area contributed by atoms with Gasteiger partial charge >= 0.3 is 0 Å². The summed E-state index contributed by atoms with van der Waals surface area (Å²) in [6, 6.07) is 13.6. The van der Waals surface area contributed by atoms with E-state index in [9.17, 15) is 9.59 Å². The average Bonchev–Trinajstić information content (AvgIpc) is 2.90. The Balaban J connectivity index is 1.99. The van der Waals surface area contributed by atoms with E-state index in [-0.39, 0.29) is 11.8 Å². The molecule has 0 radical (unpaired) electrons. The number of hydrogen-bond donors (Lipinski definition) is 1. The molecule has 0 fully saturated rings. The quantitative estimate of drug-likeness (QED) is 0.587. The third-order valence-corrected chi connectivity index (χ3v) is 5.01. The molecule has 0 spiro atoms. The van der Waals surface area contributed by atoms with Crippen molar-refractivity contribution in [3.05, 3.63) is 70.4 Å². The molecule has 28 heavy (non-hydrogen) atoms. The smallest absolute Gasteiger partial charge is 0.278 e. The summed E-state index contributed by atoms with van der Waals surface area (Å²) < 4.78 is 5.07. The lowest BCUT2D eigenvalue weighted by atomic mass is 10.0. The standard InChI is InChI=1S/C23H26N2O3/c1-15-6-9-18(10-7-15)20-21(24-19-11-8-16(2)17(3)14-19)23(27)25(22(20)26)12-5-13-28-4/h6-11,14,24H,5,12-13H2,1-4H3. The number of ether oxygens (including phenoxy) is 1. The number of nitrogens with zero attached hydrogens (tertiary/aromatic N) is 1. The van der Waals surface area contributed by atoms with Crippen molar-refractivity contribution >= 4 is 23.1 Å². The van der Waals surface area contributed by atoms with Gasteiger partial charge in [-0.1, -0.05) is 35.9 Å². The third-order valence-electron chi connectivity index (χ3n) is 5.01. The van der Waals surface area contributed by atoms with Gasteiger partial charge in [0, 0.05) is 25.9 Å². The van der Waals surface area contributed by atoms with Gasteiger partial charge in [0.1, 0.15) is 5.70 Å². The fraction of sp³-hybridized carbons (Fsp3) is 0.304. The molecule has 0 aliphatic carbocycles. The first-order valence-electron chi connectivity index (χ1n) is 9.43. The predicted octanol–water partition coefficient (Wildman–Crippen LogP) is 3.84.